The summed E-state index contributed by atoms with van der Waals surface area (Å²) in [5.41, 5.74) is 0. The van der Waals surface area contributed by atoms with Gasteiger partial charge in [-0.3, -0.25) is 4.79 Å². The Hall–Kier alpha value is -0.610. The fourth-order valence-electron chi connectivity index (χ4n) is 3.82. The van der Waals surface area contributed by atoms with Crippen molar-refractivity contribution in [3.63, 3.8) is 0 Å². The zero-order chi connectivity index (χ0) is 12.5. The molecule has 0 aromatic rings. The average Bonchev–Trinajstić information content (AvgIpc) is 3.00. The molecule has 3 fully saturated rings. The van der Waals surface area contributed by atoms with Gasteiger partial charge >= 0.3 is 0 Å². The summed E-state index contributed by atoms with van der Waals surface area (Å²) in [6, 6.07) is 0.0908. The molecule has 18 heavy (non-hydrogen) atoms. The van der Waals surface area contributed by atoms with Crippen LogP contribution >= 0.6 is 0 Å². The molecule has 1 N–H and O–H groups in total. The Morgan fingerprint density at radius 2 is 2.33 bits per heavy atom. The molecule has 0 aromatic carbocycles. The van der Waals surface area contributed by atoms with Gasteiger partial charge < -0.3 is 15.0 Å². The number of carbonyl (C=O) groups is 1. The first kappa shape index (κ1) is 12.4. The summed E-state index contributed by atoms with van der Waals surface area (Å²) in [5, 5.41) is 3.46. The molecule has 1 aliphatic carbocycles. The van der Waals surface area contributed by atoms with Crippen LogP contribution < -0.4 is 5.32 Å². The first-order chi connectivity index (χ1) is 8.79. The molecule has 4 nitrogen and oxygen atoms in total. The molecule has 4 unspecified atom stereocenters. The summed E-state index contributed by atoms with van der Waals surface area (Å²) in [7, 11) is 0. The van der Waals surface area contributed by atoms with Gasteiger partial charge in [-0.05, 0) is 37.6 Å². The van der Waals surface area contributed by atoms with Gasteiger partial charge in [-0.15, -0.1) is 0 Å². The van der Waals surface area contributed by atoms with Crippen LogP contribution in [-0.4, -0.2) is 49.2 Å². The molecule has 0 spiro atoms. The van der Waals surface area contributed by atoms with Crippen LogP contribution in [0.3, 0.4) is 0 Å². The molecule has 1 saturated carbocycles. The summed E-state index contributed by atoms with van der Waals surface area (Å²) in [6.45, 7) is 5.42. The van der Waals surface area contributed by atoms with Crippen LogP contribution in [0, 0.1) is 11.8 Å². The number of ether oxygens (including phenoxy) is 1. The second-order valence-electron chi connectivity index (χ2n) is 5.93. The lowest BCUT2D eigenvalue weighted by molar-refractivity contribution is -0.141. The maximum Gasteiger partial charge on any atom is 0.240 e. The van der Waals surface area contributed by atoms with Gasteiger partial charge in [0.15, 0.2) is 0 Å². The zero-order valence-electron chi connectivity index (χ0n) is 11.2. The monoisotopic (exact) mass is 252 g/mol. The number of hydrogen-bond acceptors (Lipinski definition) is 3. The minimum Gasteiger partial charge on any atom is -0.375 e. The van der Waals surface area contributed by atoms with Crippen LogP contribution in [0.4, 0.5) is 0 Å². The summed E-state index contributed by atoms with van der Waals surface area (Å²) in [4.78, 5) is 14.6. The summed E-state index contributed by atoms with van der Waals surface area (Å²) in [6.07, 6.45) is 5.08. The van der Waals surface area contributed by atoms with E-state index >= 15 is 0 Å². The second-order valence-corrected chi connectivity index (χ2v) is 5.93. The van der Waals surface area contributed by atoms with Crippen molar-refractivity contribution in [1.29, 1.82) is 0 Å². The highest BCUT2D eigenvalue weighted by molar-refractivity contribution is 5.83. The van der Waals surface area contributed by atoms with Crippen LogP contribution in [0.1, 0.15) is 32.6 Å². The van der Waals surface area contributed by atoms with Gasteiger partial charge in [0.25, 0.3) is 0 Å². The van der Waals surface area contributed by atoms with Crippen LogP contribution in [0.2, 0.25) is 0 Å². The normalized spacial score (nSPS) is 39.9. The molecule has 3 rings (SSSR count). The van der Waals surface area contributed by atoms with Gasteiger partial charge in [0.05, 0.1) is 18.8 Å². The molecule has 4 heteroatoms. The third kappa shape index (κ3) is 2.16. The van der Waals surface area contributed by atoms with E-state index in [-0.39, 0.29) is 12.1 Å². The number of rotatable bonds is 2. The minimum atomic E-state index is 0.0908. The second kappa shape index (κ2) is 5.17. The molecule has 2 heterocycles. The SMILES string of the molecule is CCC1CN(C(=O)C2NCC3CCCC32)CCO1. The maximum atomic E-state index is 12.6. The number of morpholine rings is 1. The Kier molecular flexibility index (Phi) is 3.57. The van der Waals surface area contributed by atoms with Crippen LogP contribution in [-0.2, 0) is 9.53 Å². The van der Waals surface area contributed by atoms with E-state index in [1.165, 1.54) is 19.3 Å². The molecule has 4 atom stereocenters. The molecule has 0 aromatic heterocycles. The Morgan fingerprint density at radius 1 is 1.44 bits per heavy atom. The average molecular weight is 252 g/mol. The fraction of sp³-hybridized carbons (Fsp3) is 0.929. The highest BCUT2D eigenvalue weighted by Crippen LogP contribution is 2.38. The van der Waals surface area contributed by atoms with E-state index in [2.05, 4.69) is 12.2 Å². The number of carbonyl (C=O) groups excluding carboxylic acids is 1. The van der Waals surface area contributed by atoms with E-state index in [1.807, 2.05) is 4.90 Å². The third-order valence-corrected chi connectivity index (χ3v) is 4.92. The lowest BCUT2D eigenvalue weighted by atomic mass is 9.93. The predicted octanol–water partition coefficient (Wildman–Crippen LogP) is 1.01. The first-order valence-electron chi connectivity index (χ1n) is 7.43. The molecule has 3 aliphatic rings. The summed E-state index contributed by atoms with van der Waals surface area (Å²) >= 11 is 0. The molecule has 0 radical (unpaired) electrons. The van der Waals surface area contributed by atoms with Crippen LogP contribution in [0.5, 0.6) is 0 Å². The number of nitrogens with zero attached hydrogens (tertiary/aromatic N) is 1. The summed E-state index contributed by atoms with van der Waals surface area (Å²) in [5.74, 6) is 1.67. The smallest absolute Gasteiger partial charge is 0.240 e. The number of fused-ring (bicyclic) bond motifs is 1. The van der Waals surface area contributed by atoms with Crippen molar-refractivity contribution in [3.8, 4) is 0 Å². The van der Waals surface area contributed by atoms with E-state index in [9.17, 15) is 4.79 Å². The van der Waals surface area contributed by atoms with E-state index in [0.29, 0.717) is 18.4 Å². The van der Waals surface area contributed by atoms with Crippen molar-refractivity contribution >= 4 is 5.91 Å². The molecule has 2 aliphatic heterocycles. The molecule has 102 valence electrons. The van der Waals surface area contributed by atoms with Crippen molar-refractivity contribution in [2.75, 3.05) is 26.2 Å². The Labute approximate surface area is 109 Å². The predicted molar refractivity (Wildman–Crippen MR) is 69.2 cm³/mol. The van der Waals surface area contributed by atoms with Crippen LogP contribution in [0.25, 0.3) is 0 Å². The minimum absolute atomic E-state index is 0.0908. The Morgan fingerprint density at radius 3 is 3.17 bits per heavy atom. The van der Waals surface area contributed by atoms with E-state index in [0.717, 1.165) is 32.0 Å². The number of nitrogens with one attached hydrogen (secondary N) is 1. The Balaban J connectivity index is 1.63. The molecular formula is C14H24N2O2. The highest BCUT2D eigenvalue weighted by atomic mass is 16.5. The van der Waals surface area contributed by atoms with Gasteiger partial charge in [-0.25, -0.2) is 0 Å². The van der Waals surface area contributed by atoms with Crippen molar-refractivity contribution < 1.29 is 9.53 Å². The topological polar surface area (TPSA) is 41.6 Å². The van der Waals surface area contributed by atoms with Crippen molar-refractivity contribution in [2.45, 2.75) is 44.8 Å². The molecule has 0 bridgehead atoms. The van der Waals surface area contributed by atoms with Crippen molar-refractivity contribution in [2.24, 2.45) is 11.8 Å². The molecule has 1 amide bonds. The van der Waals surface area contributed by atoms with Crippen LogP contribution in [0.15, 0.2) is 0 Å². The van der Waals surface area contributed by atoms with E-state index < -0.39 is 0 Å². The lowest BCUT2D eigenvalue weighted by Gasteiger charge is -2.35. The Bertz CT molecular complexity index is 321. The first-order valence-corrected chi connectivity index (χ1v) is 7.43. The van der Waals surface area contributed by atoms with Crippen molar-refractivity contribution in [1.82, 2.24) is 10.2 Å². The molecule has 2 saturated heterocycles. The lowest BCUT2D eigenvalue weighted by Crippen LogP contribution is -2.52. The molecular weight excluding hydrogens is 228 g/mol. The third-order valence-electron chi connectivity index (χ3n) is 4.92. The quantitative estimate of drug-likeness (QED) is 0.797. The maximum absolute atomic E-state index is 12.6. The van der Waals surface area contributed by atoms with E-state index in [1.54, 1.807) is 0 Å². The van der Waals surface area contributed by atoms with E-state index in [4.69, 9.17) is 4.74 Å². The standard InChI is InChI=1S/C14H24N2O2/c1-2-11-9-16(6-7-18-11)14(17)13-12-5-3-4-10(12)8-15-13/h10-13,15H,2-9H2,1H3. The van der Waals surface area contributed by atoms with Crippen molar-refractivity contribution in [3.05, 3.63) is 0 Å². The van der Waals surface area contributed by atoms with Gasteiger partial charge in [0.1, 0.15) is 0 Å². The summed E-state index contributed by atoms with van der Waals surface area (Å²) < 4.78 is 5.64. The van der Waals surface area contributed by atoms with Gasteiger partial charge in [-0.1, -0.05) is 13.3 Å². The largest absolute Gasteiger partial charge is 0.375 e. The van der Waals surface area contributed by atoms with Gasteiger partial charge in [0.2, 0.25) is 5.91 Å². The highest BCUT2D eigenvalue weighted by Gasteiger charge is 2.44. The zero-order valence-corrected chi connectivity index (χ0v) is 11.2. The fourth-order valence-corrected chi connectivity index (χ4v) is 3.82. The number of amides is 1. The van der Waals surface area contributed by atoms with Gasteiger partial charge in [-0.2, -0.15) is 0 Å². The number of hydrogen-bond donors (Lipinski definition) is 1. The van der Waals surface area contributed by atoms with Gasteiger partial charge in [0, 0.05) is 13.1 Å².